The van der Waals surface area contributed by atoms with E-state index in [-0.39, 0.29) is 5.91 Å². The molecule has 2 aromatic rings. The first kappa shape index (κ1) is 21.2. The number of rotatable bonds is 6. The molecule has 0 atom stereocenters. The van der Waals surface area contributed by atoms with Gasteiger partial charge in [0.2, 0.25) is 5.91 Å². The number of hydrogen-bond acceptors (Lipinski definition) is 4. The van der Waals surface area contributed by atoms with Gasteiger partial charge in [-0.05, 0) is 60.7 Å². The number of ether oxygens (including phenoxy) is 1. The molecule has 156 valence electrons. The van der Waals surface area contributed by atoms with E-state index in [0.717, 1.165) is 44.2 Å². The van der Waals surface area contributed by atoms with E-state index in [1.807, 2.05) is 19.2 Å². The van der Waals surface area contributed by atoms with Crippen molar-refractivity contribution in [2.24, 2.45) is 10.9 Å². The van der Waals surface area contributed by atoms with E-state index in [1.165, 1.54) is 15.3 Å². The lowest BCUT2D eigenvalue weighted by Crippen LogP contribution is -2.45. The van der Waals surface area contributed by atoms with Crippen molar-refractivity contribution in [3.05, 3.63) is 41.3 Å². The molecule has 0 aliphatic carbocycles. The number of thiophene rings is 1. The first-order chi connectivity index (χ1) is 14.1. The van der Waals surface area contributed by atoms with Crippen LogP contribution in [-0.2, 0) is 11.3 Å². The molecule has 2 N–H and O–H groups in total. The number of nitrogens with one attached hydrogen (secondary N) is 2. The fourth-order valence-corrected chi connectivity index (χ4v) is 4.55. The summed E-state index contributed by atoms with van der Waals surface area (Å²) in [7, 11) is 5.21. The van der Waals surface area contributed by atoms with Gasteiger partial charge in [-0.2, -0.15) is 0 Å². The number of carbonyl (C=O) groups excluding carboxylic acids is 1. The maximum Gasteiger partial charge on any atom is 0.220 e. The Kier molecular flexibility index (Phi) is 7.52. The highest BCUT2D eigenvalue weighted by Crippen LogP contribution is 2.29. The topological polar surface area (TPSA) is 66.0 Å². The third-order valence-electron chi connectivity index (χ3n) is 5.34. The molecule has 2 heterocycles. The van der Waals surface area contributed by atoms with E-state index < -0.39 is 0 Å². The van der Waals surface area contributed by atoms with Gasteiger partial charge in [0.1, 0.15) is 5.75 Å². The Morgan fingerprint density at radius 1 is 1.21 bits per heavy atom. The van der Waals surface area contributed by atoms with E-state index in [2.05, 4.69) is 44.8 Å². The van der Waals surface area contributed by atoms with Gasteiger partial charge < -0.3 is 20.3 Å². The molecule has 6 nitrogen and oxygen atoms in total. The largest absolute Gasteiger partial charge is 0.497 e. The van der Waals surface area contributed by atoms with Gasteiger partial charge in [-0.3, -0.25) is 9.79 Å². The van der Waals surface area contributed by atoms with Crippen LogP contribution in [0.25, 0.3) is 10.4 Å². The van der Waals surface area contributed by atoms with E-state index >= 15 is 0 Å². The number of aliphatic imine (C=N–C) groups is 1. The van der Waals surface area contributed by atoms with Crippen molar-refractivity contribution in [1.82, 2.24) is 15.5 Å². The van der Waals surface area contributed by atoms with E-state index in [0.29, 0.717) is 12.3 Å². The smallest absolute Gasteiger partial charge is 0.220 e. The van der Waals surface area contributed by atoms with Crippen LogP contribution in [0.3, 0.4) is 0 Å². The highest BCUT2D eigenvalue weighted by atomic mass is 32.1. The maximum absolute atomic E-state index is 11.6. The van der Waals surface area contributed by atoms with Gasteiger partial charge in [-0.1, -0.05) is 0 Å². The standard InChI is InChI=1S/C22H30N4O2S/c1-23-21(27)14-16-10-12-26(13-11-16)22(24-2)25-15-19-8-9-20(29-19)17-4-6-18(28-3)7-5-17/h4-9,16H,10-15H2,1-3H3,(H,23,27)(H,24,25). The lowest BCUT2D eigenvalue weighted by molar-refractivity contribution is -0.121. The summed E-state index contributed by atoms with van der Waals surface area (Å²) >= 11 is 1.79. The summed E-state index contributed by atoms with van der Waals surface area (Å²) < 4.78 is 5.23. The average Bonchev–Trinajstić information content (AvgIpc) is 3.24. The minimum absolute atomic E-state index is 0.135. The van der Waals surface area contributed by atoms with Gasteiger partial charge in [0, 0.05) is 43.4 Å². The second-order valence-corrected chi connectivity index (χ2v) is 8.37. The van der Waals surface area contributed by atoms with Crippen LogP contribution >= 0.6 is 11.3 Å². The van der Waals surface area contributed by atoms with Crippen molar-refractivity contribution in [3.63, 3.8) is 0 Å². The number of benzene rings is 1. The van der Waals surface area contributed by atoms with E-state index in [4.69, 9.17) is 4.74 Å². The molecule has 3 rings (SSSR count). The molecular weight excluding hydrogens is 384 g/mol. The predicted octanol–water partition coefficient (Wildman–Crippen LogP) is 3.35. The minimum atomic E-state index is 0.135. The number of piperidine rings is 1. The lowest BCUT2D eigenvalue weighted by Gasteiger charge is -2.34. The molecule has 1 saturated heterocycles. The average molecular weight is 415 g/mol. The summed E-state index contributed by atoms with van der Waals surface area (Å²) in [4.78, 5) is 20.8. The second-order valence-electron chi connectivity index (χ2n) is 7.20. The predicted molar refractivity (Wildman–Crippen MR) is 119 cm³/mol. The van der Waals surface area contributed by atoms with Gasteiger partial charge in [0.25, 0.3) is 0 Å². The van der Waals surface area contributed by atoms with Gasteiger partial charge in [0.15, 0.2) is 5.96 Å². The summed E-state index contributed by atoms with van der Waals surface area (Å²) in [5.41, 5.74) is 1.20. The number of carbonyl (C=O) groups is 1. The number of hydrogen-bond donors (Lipinski definition) is 2. The monoisotopic (exact) mass is 414 g/mol. The van der Waals surface area contributed by atoms with Crippen LogP contribution in [0.5, 0.6) is 5.75 Å². The molecule has 29 heavy (non-hydrogen) atoms. The molecule has 1 aromatic carbocycles. The van der Waals surface area contributed by atoms with Crippen molar-refractivity contribution in [2.75, 3.05) is 34.3 Å². The number of guanidine groups is 1. The van der Waals surface area contributed by atoms with Gasteiger partial charge in [0.05, 0.1) is 13.7 Å². The molecule has 1 aliphatic heterocycles. The van der Waals surface area contributed by atoms with Gasteiger partial charge in [-0.15, -0.1) is 11.3 Å². The van der Waals surface area contributed by atoms with Crippen LogP contribution in [0.15, 0.2) is 41.4 Å². The van der Waals surface area contributed by atoms with Crippen molar-refractivity contribution in [2.45, 2.75) is 25.8 Å². The van der Waals surface area contributed by atoms with Crippen LogP contribution < -0.4 is 15.4 Å². The van der Waals surface area contributed by atoms with Crippen molar-refractivity contribution in [1.29, 1.82) is 0 Å². The number of likely N-dealkylation sites (tertiary alicyclic amines) is 1. The molecule has 0 spiro atoms. The quantitative estimate of drug-likeness (QED) is 0.562. The number of amides is 1. The van der Waals surface area contributed by atoms with Crippen molar-refractivity contribution in [3.8, 4) is 16.2 Å². The summed E-state index contributed by atoms with van der Waals surface area (Å²) in [5, 5.41) is 6.21. The molecule has 7 heteroatoms. The minimum Gasteiger partial charge on any atom is -0.497 e. The van der Waals surface area contributed by atoms with Crippen LogP contribution in [0.2, 0.25) is 0 Å². The highest BCUT2D eigenvalue weighted by Gasteiger charge is 2.23. The fraction of sp³-hybridized carbons (Fsp3) is 0.455. The molecule has 0 radical (unpaired) electrons. The lowest BCUT2D eigenvalue weighted by atomic mass is 9.93. The van der Waals surface area contributed by atoms with Crippen LogP contribution in [0.4, 0.5) is 0 Å². The highest BCUT2D eigenvalue weighted by molar-refractivity contribution is 7.15. The third kappa shape index (κ3) is 5.73. The molecule has 0 bridgehead atoms. The van der Waals surface area contributed by atoms with Gasteiger partial charge in [-0.25, -0.2) is 0 Å². The molecular formula is C22H30N4O2S. The summed E-state index contributed by atoms with van der Waals surface area (Å²) in [6.07, 6.45) is 2.67. The Hall–Kier alpha value is -2.54. The number of methoxy groups -OCH3 is 1. The number of nitrogens with zero attached hydrogens (tertiary/aromatic N) is 2. The molecule has 0 unspecified atom stereocenters. The Morgan fingerprint density at radius 2 is 1.93 bits per heavy atom. The third-order valence-corrected chi connectivity index (χ3v) is 6.47. The Balaban J connectivity index is 1.51. The summed E-state index contributed by atoms with van der Waals surface area (Å²) in [6, 6.07) is 12.5. The Morgan fingerprint density at radius 3 is 2.55 bits per heavy atom. The van der Waals surface area contributed by atoms with Gasteiger partial charge >= 0.3 is 0 Å². The Labute approximate surface area is 177 Å². The zero-order chi connectivity index (χ0) is 20.6. The molecule has 1 amide bonds. The second kappa shape index (κ2) is 10.3. The first-order valence-electron chi connectivity index (χ1n) is 10.0. The van der Waals surface area contributed by atoms with Crippen molar-refractivity contribution >= 4 is 23.2 Å². The normalized spacial score (nSPS) is 15.3. The fourth-order valence-electron chi connectivity index (χ4n) is 3.59. The zero-order valence-electron chi connectivity index (χ0n) is 17.4. The maximum atomic E-state index is 11.6. The Bertz CT molecular complexity index is 824. The van der Waals surface area contributed by atoms with Crippen LogP contribution in [0, 0.1) is 5.92 Å². The zero-order valence-corrected chi connectivity index (χ0v) is 18.2. The summed E-state index contributed by atoms with van der Waals surface area (Å²) in [6.45, 7) is 2.62. The molecule has 1 fully saturated rings. The summed E-state index contributed by atoms with van der Waals surface area (Å²) in [5.74, 6) is 2.41. The van der Waals surface area contributed by atoms with E-state index in [1.54, 1.807) is 25.5 Å². The first-order valence-corrected chi connectivity index (χ1v) is 10.8. The van der Waals surface area contributed by atoms with Crippen LogP contribution in [-0.4, -0.2) is 51.1 Å². The SMILES string of the molecule is CN=C(NCc1ccc(-c2ccc(OC)cc2)s1)N1CCC(CC(=O)NC)CC1. The van der Waals surface area contributed by atoms with Crippen LogP contribution in [0.1, 0.15) is 24.1 Å². The molecule has 0 saturated carbocycles. The van der Waals surface area contributed by atoms with E-state index in [9.17, 15) is 4.79 Å². The molecule has 1 aromatic heterocycles. The molecule has 1 aliphatic rings. The van der Waals surface area contributed by atoms with Crippen molar-refractivity contribution < 1.29 is 9.53 Å².